The van der Waals surface area contributed by atoms with Gasteiger partial charge in [-0.2, -0.15) is 0 Å². The minimum Gasteiger partial charge on any atom is -0.490 e. The van der Waals surface area contributed by atoms with Crippen LogP contribution in [0.5, 0.6) is 11.5 Å². The molecule has 0 saturated heterocycles. The molecule has 1 unspecified atom stereocenters. The van der Waals surface area contributed by atoms with Gasteiger partial charge < -0.3 is 20.1 Å². The van der Waals surface area contributed by atoms with Crippen LogP contribution < -0.4 is 20.1 Å². The lowest BCUT2D eigenvalue weighted by Crippen LogP contribution is -2.38. The second-order valence-corrected chi connectivity index (χ2v) is 6.60. The van der Waals surface area contributed by atoms with Crippen LogP contribution in [0.25, 0.3) is 0 Å². The van der Waals surface area contributed by atoms with E-state index in [2.05, 4.69) is 15.6 Å². The molecule has 1 heterocycles. The second-order valence-electron chi connectivity index (χ2n) is 6.60. The average molecular weight is 371 g/mol. The summed E-state index contributed by atoms with van der Waals surface area (Å²) < 4.78 is 25.4. The summed E-state index contributed by atoms with van der Waals surface area (Å²) in [6.45, 7) is 5.58. The van der Waals surface area contributed by atoms with Crippen LogP contribution >= 0.6 is 0 Å². The summed E-state index contributed by atoms with van der Waals surface area (Å²) in [4.78, 5) is 4.27. The summed E-state index contributed by atoms with van der Waals surface area (Å²) in [6.07, 6.45) is 0.870. The lowest BCUT2D eigenvalue weighted by atomic mass is 10.1. The molecule has 1 atom stereocenters. The van der Waals surface area contributed by atoms with Gasteiger partial charge in [-0.15, -0.1) is 0 Å². The minimum atomic E-state index is -0.201. The minimum absolute atomic E-state index is 0.0845. The molecule has 3 rings (SSSR count). The number of ether oxygens (including phenoxy) is 2. The van der Waals surface area contributed by atoms with Crippen LogP contribution in [0.2, 0.25) is 0 Å². The number of aliphatic imine (C=N–C) groups is 1. The molecule has 144 valence electrons. The third-order valence-electron chi connectivity index (χ3n) is 4.57. The van der Waals surface area contributed by atoms with Gasteiger partial charge in [0.1, 0.15) is 5.82 Å². The van der Waals surface area contributed by atoms with Crippen LogP contribution in [0.15, 0.2) is 41.4 Å². The molecule has 1 aliphatic heterocycles. The summed E-state index contributed by atoms with van der Waals surface area (Å²) in [5.74, 6) is 1.99. The first-order valence-corrected chi connectivity index (χ1v) is 9.19. The van der Waals surface area contributed by atoms with E-state index in [1.165, 1.54) is 0 Å². The molecular weight excluding hydrogens is 345 g/mol. The SMILES string of the molecule is CN=C(NCc1cccc2c1OCCCO2)NC(C)c1ccc(C)c(F)c1. The van der Waals surface area contributed by atoms with Crippen LogP contribution in [-0.4, -0.2) is 26.2 Å². The van der Waals surface area contributed by atoms with Crippen molar-refractivity contribution in [2.24, 2.45) is 4.99 Å². The van der Waals surface area contributed by atoms with Crippen LogP contribution in [0.4, 0.5) is 4.39 Å². The lowest BCUT2D eigenvalue weighted by molar-refractivity contribution is 0.296. The molecule has 2 aromatic carbocycles. The highest BCUT2D eigenvalue weighted by molar-refractivity contribution is 5.80. The average Bonchev–Trinajstić information content (AvgIpc) is 2.93. The zero-order valence-corrected chi connectivity index (χ0v) is 16.0. The number of hydrogen-bond donors (Lipinski definition) is 2. The Morgan fingerprint density at radius 1 is 1.22 bits per heavy atom. The summed E-state index contributed by atoms with van der Waals surface area (Å²) in [5, 5.41) is 6.58. The van der Waals surface area contributed by atoms with Gasteiger partial charge in [0.2, 0.25) is 0 Å². The highest BCUT2D eigenvalue weighted by atomic mass is 19.1. The van der Waals surface area contributed by atoms with Crippen LogP contribution in [0, 0.1) is 12.7 Å². The summed E-state index contributed by atoms with van der Waals surface area (Å²) in [5.41, 5.74) is 2.51. The van der Waals surface area contributed by atoms with Gasteiger partial charge in [0.15, 0.2) is 17.5 Å². The fourth-order valence-electron chi connectivity index (χ4n) is 2.93. The molecule has 0 radical (unpaired) electrons. The van der Waals surface area contributed by atoms with Gasteiger partial charge in [-0.3, -0.25) is 4.99 Å². The van der Waals surface area contributed by atoms with E-state index in [0.29, 0.717) is 31.3 Å². The van der Waals surface area contributed by atoms with Crippen LogP contribution in [0.3, 0.4) is 0 Å². The number of rotatable bonds is 4. The summed E-state index contributed by atoms with van der Waals surface area (Å²) >= 11 is 0. The first-order valence-electron chi connectivity index (χ1n) is 9.19. The quantitative estimate of drug-likeness (QED) is 0.635. The number of para-hydroxylation sites is 1. The predicted octanol–water partition coefficient (Wildman–Crippen LogP) is 3.72. The predicted molar refractivity (Wildman–Crippen MR) is 105 cm³/mol. The number of aryl methyl sites for hydroxylation is 1. The molecule has 5 nitrogen and oxygen atoms in total. The molecule has 0 bridgehead atoms. The maximum Gasteiger partial charge on any atom is 0.191 e. The van der Waals surface area contributed by atoms with E-state index in [4.69, 9.17) is 9.47 Å². The molecule has 0 aromatic heterocycles. The molecule has 0 fully saturated rings. The Kier molecular flexibility index (Phi) is 6.16. The molecule has 27 heavy (non-hydrogen) atoms. The van der Waals surface area contributed by atoms with E-state index in [9.17, 15) is 4.39 Å². The molecule has 0 spiro atoms. The topological polar surface area (TPSA) is 54.9 Å². The van der Waals surface area contributed by atoms with E-state index in [0.717, 1.165) is 29.0 Å². The van der Waals surface area contributed by atoms with Gasteiger partial charge in [0, 0.05) is 25.6 Å². The van der Waals surface area contributed by atoms with Crippen molar-refractivity contribution < 1.29 is 13.9 Å². The van der Waals surface area contributed by atoms with Gasteiger partial charge in [0.25, 0.3) is 0 Å². The summed E-state index contributed by atoms with van der Waals surface area (Å²) in [7, 11) is 1.71. The van der Waals surface area contributed by atoms with E-state index in [1.807, 2.05) is 31.2 Å². The van der Waals surface area contributed by atoms with E-state index in [-0.39, 0.29) is 11.9 Å². The maximum absolute atomic E-state index is 13.8. The largest absolute Gasteiger partial charge is 0.490 e. The Morgan fingerprint density at radius 2 is 2.04 bits per heavy atom. The highest BCUT2D eigenvalue weighted by Gasteiger charge is 2.15. The Bertz CT molecular complexity index is 823. The number of benzene rings is 2. The lowest BCUT2D eigenvalue weighted by Gasteiger charge is -2.19. The standard InChI is InChI=1S/C21H26FN3O2/c1-14-8-9-16(12-18(14)22)15(2)25-21(23-3)24-13-17-6-4-7-19-20(17)27-11-5-10-26-19/h4,6-9,12,15H,5,10-11,13H2,1-3H3,(H2,23,24,25). The maximum atomic E-state index is 13.8. The molecule has 0 saturated carbocycles. The Hall–Kier alpha value is -2.76. The van der Waals surface area contributed by atoms with Crippen molar-refractivity contribution in [2.75, 3.05) is 20.3 Å². The fraction of sp³-hybridized carbons (Fsp3) is 0.381. The van der Waals surface area contributed by atoms with Crippen LogP contribution in [0.1, 0.15) is 36.1 Å². The molecule has 2 aromatic rings. The van der Waals surface area contributed by atoms with Crippen LogP contribution in [-0.2, 0) is 6.54 Å². The van der Waals surface area contributed by atoms with Crippen molar-refractivity contribution >= 4 is 5.96 Å². The summed E-state index contributed by atoms with van der Waals surface area (Å²) in [6, 6.07) is 11.1. The van der Waals surface area contributed by atoms with Gasteiger partial charge >= 0.3 is 0 Å². The van der Waals surface area contributed by atoms with Gasteiger partial charge in [-0.1, -0.05) is 24.3 Å². The zero-order valence-electron chi connectivity index (χ0n) is 16.0. The number of hydrogen-bond acceptors (Lipinski definition) is 3. The second kappa shape index (κ2) is 8.75. The van der Waals surface area contributed by atoms with E-state index >= 15 is 0 Å². The van der Waals surface area contributed by atoms with Crippen molar-refractivity contribution in [3.05, 3.63) is 58.9 Å². The first kappa shape index (κ1) is 19.0. The Morgan fingerprint density at radius 3 is 2.81 bits per heavy atom. The third-order valence-corrected chi connectivity index (χ3v) is 4.57. The number of halogens is 1. The van der Waals surface area contributed by atoms with Crippen molar-refractivity contribution in [3.8, 4) is 11.5 Å². The third kappa shape index (κ3) is 4.70. The van der Waals surface area contributed by atoms with Crippen molar-refractivity contribution in [2.45, 2.75) is 32.9 Å². The molecular formula is C21H26FN3O2. The number of guanidine groups is 1. The van der Waals surface area contributed by atoms with Gasteiger partial charge in [0.05, 0.1) is 19.3 Å². The van der Waals surface area contributed by atoms with E-state index in [1.54, 1.807) is 26.1 Å². The number of fused-ring (bicyclic) bond motifs is 1. The smallest absolute Gasteiger partial charge is 0.191 e. The molecule has 2 N–H and O–H groups in total. The monoisotopic (exact) mass is 371 g/mol. The van der Waals surface area contributed by atoms with Gasteiger partial charge in [-0.05, 0) is 37.1 Å². The Labute approximate surface area is 159 Å². The molecule has 1 aliphatic rings. The van der Waals surface area contributed by atoms with Crippen molar-refractivity contribution in [1.29, 1.82) is 0 Å². The molecule has 0 aliphatic carbocycles. The van der Waals surface area contributed by atoms with E-state index < -0.39 is 0 Å². The Balaban J connectivity index is 1.65. The van der Waals surface area contributed by atoms with Gasteiger partial charge in [-0.25, -0.2) is 4.39 Å². The fourth-order valence-corrected chi connectivity index (χ4v) is 2.93. The zero-order chi connectivity index (χ0) is 19.2. The molecule has 0 amide bonds. The first-order chi connectivity index (χ1) is 13.1. The number of nitrogens with zero attached hydrogens (tertiary/aromatic N) is 1. The highest BCUT2D eigenvalue weighted by Crippen LogP contribution is 2.33. The molecule has 6 heteroatoms. The number of nitrogens with one attached hydrogen (secondary N) is 2. The van der Waals surface area contributed by atoms with Crippen molar-refractivity contribution in [3.63, 3.8) is 0 Å². The normalized spacial score (nSPS) is 15.0. The van der Waals surface area contributed by atoms with Crippen molar-refractivity contribution in [1.82, 2.24) is 10.6 Å².